The van der Waals surface area contributed by atoms with Gasteiger partial charge in [0.15, 0.2) is 0 Å². The molecule has 3 rings (SSSR count). The van der Waals surface area contributed by atoms with Crippen LogP contribution in [0, 0.1) is 0 Å². The number of hydrogen-bond acceptors (Lipinski definition) is 4. The smallest absolute Gasteiger partial charge is 0.253 e. The summed E-state index contributed by atoms with van der Waals surface area (Å²) in [5.74, 6) is 0.252. The lowest BCUT2D eigenvalue weighted by Crippen LogP contribution is -2.26. The Hall–Kier alpha value is -3.54. The van der Waals surface area contributed by atoms with Crippen LogP contribution in [0.25, 0.3) is 0 Å². The van der Waals surface area contributed by atoms with E-state index in [1.165, 1.54) is 0 Å². The van der Waals surface area contributed by atoms with E-state index in [0.29, 0.717) is 23.6 Å². The number of hydrogen-bond donors (Lipinski definition) is 3. The van der Waals surface area contributed by atoms with Gasteiger partial charge in [-0.05, 0) is 48.4 Å². The van der Waals surface area contributed by atoms with E-state index in [1.807, 2.05) is 30.3 Å². The van der Waals surface area contributed by atoms with Gasteiger partial charge in [0.25, 0.3) is 5.91 Å². The Bertz CT molecular complexity index is 936. The zero-order valence-corrected chi connectivity index (χ0v) is 15.7. The van der Waals surface area contributed by atoms with Crippen molar-refractivity contribution in [3.63, 3.8) is 0 Å². The van der Waals surface area contributed by atoms with E-state index in [-0.39, 0.29) is 18.4 Å². The van der Waals surface area contributed by atoms with E-state index in [4.69, 9.17) is 4.42 Å². The molecule has 6 heteroatoms. The van der Waals surface area contributed by atoms with Crippen molar-refractivity contribution in [1.29, 1.82) is 0 Å². The third-order valence-corrected chi connectivity index (χ3v) is 4.23. The second-order valence-electron chi connectivity index (χ2n) is 6.26. The van der Waals surface area contributed by atoms with E-state index < -0.39 is 0 Å². The summed E-state index contributed by atoms with van der Waals surface area (Å²) in [6.45, 7) is 2.42. The maximum Gasteiger partial charge on any atom is 0.253 e. The molecule has 6 nitrogen and oxygen atoms in total. The average molecular weight is 377 g/mol. The highest BCUT2D eigenvalue weighted by Gasteiger charge is 2.12. The number of benzene rings is 2. The van der Waals surface area contributed by atoms with Gasteiger partial charge in [-0.15, -0.1) is 0 Å². The van der Waals surface area contributed by atoms with Crippen molar-refractivity contribution in [2.24, 2.45) is 0 Å². The molecule has 0 spiro atoms. The van der Waals surface area contributed by atoms with Gasteiger partial charge in [0, 0.05) is 11.4 Å². The SMILES string of the molecule is CCc1cccc(NC(=O)CNc2ccccc2C(=O)NCc2ccco2)c1. The summed E-state index contributed by atoms with van der Waals surface area (Å²) in [5.41, 5.74) is 2.98. The van der Waals surface area contributed by atoms with E-state index >= 15 is 0 Å². The van der Waals surface area contributed by atoms with E-state index in [0.717, 1.165) is 17.7 Å². The van der Waals surface area contributed by atoms with Gasteiger partial charge >= 0.3 is 0 Å². The van der Waals surface area contributed by atoms with Crippen LogP contribution in [0.15, 0.2) is 71.3 Å². The van der Waals surface area contributed by atoms with Crippen molar-refractivity contribution in [1.82, 2.24) is 5.32 Å². The molecule has 3 N–H and O–H groups in total. The molecule has 0 saturated heterocycles. The van der Waals surface area contributed by atoms with Crippen molar-refractivity contribution in [3.8, 4) is 0 Å². The number of para-hydroxylation sites is 1. The van der Waals surface area contributed by atoms with Crippen LogP contribution < -0.4 is 16.0 Å². The quantitative estimate of drug-likeness (QED) is 0.557. The van der Waals surface area contributed by atoms with E-state index in [1.54, 1.807) is 36.6 Å². The van der Waals surface area contributed by atoms with Gasteiger partial charge in [0.1, 0.15) is 5.76 Å². The Morgan fingerprint density at radius 2 is 1.86 bits per heavy atom. The predicted octanol–water partition coefficient (Wildman–Crippen LogP) is 3.82. The zero-order valence-electron chi connectivity index (χ0n) is 15.7. The summed E-state index contributed by atoms with van der Waals surface area (Å²) in [5, 5.41) is 8.71. The minimum atomic E-state index is -0.240. The summed E-state index contributed by atoms with van der Waals surface area (Å²) in [6.07, 6.45) is 2.47. The maximum absolute atomic E-state index is 12.5. The van der Waals surface area contributed by atoms with Crippen LogP contribution >= 0.6 is 0 Å². The third-order valence-electron chi connectivity index (χ3n) is 4.23. The number of furan rings is 1. The van der Waals surface area contributed by atoms with Gasteiger partial charge < -0.3 is 20.4 Å². The Morgan fingerprint density at radius 3 is 2.64 bits per heavy atom. The van der Waals surface area contributed by atoms with Crippen molar-refractivity contribution >= 4 is 23.2 Å². The van der Waals surface area contributed by atoms with Crippen LogP contribution in [0.5, 0.6) is 0 Å². The first kappa shape index (κ1) is 19.2. The number of nitrogens with one attached hydrogen (secondary N) is 3. The van der Waals surface area contributed by atoms with Crippen LogP contribution in [0.4, 0.5) is 11.4 Å². The molecule has 1 aromatic heterocycles. The lowest BCUT2D eigenvalue weighted by Gasteiger charge is -2.12. The fourth-order valence-corrected chi connectivity index (χ4v) is 2.76. The molecule has 0 radical (unpaired) electrons. The number of rotatable bonds is 8. The van der Waals surface area contributed by atoms with Gasteiger partial charge in [0.2, 0.25) is 5.91 Å². The first-order chi connectivity index (χ1) is 13.7. The number of anilines is 2. The van der Waals surface area contributed by atoms with Crippen LogP contribution in [0.2, 0.25) is 0 Å². The minimum Gasteiger partial charge on any atom is -0.467 e. The van der Waals surface area contributed by atoms with Crippen LogP contribution in [0.3, 0.4) is 0 Å². The van der Waals surface area contributed by atoms with Crippen molar-refractivity contribution in [3.05, 3.63) is 83.8 Å². The molecule has 0 aliphatic carbocycles. The van der Waals surface area contributed by atoms with Crippen LogP contribution in [-0.4, -0.2) is 18.4 Å². The molecule has 0 atom stereocenters. The van der Waals surface area contributed by atoms with Gasteiger partial charge in [-0.2, -0.15) is 0 Å². The van der Waals surface area contributed by atoms with E-state index in [2.05, 4.69) is 22.9 Å². The molecule has 0 aliphatic heterocycles. The number of carbonyl (C=O) groups is 2. The van der Waals surface area contributed by atoms with Gasteiger partial charge in [-0.25, -0.2) is 0 Å². The second-order valence-corrected chi connectivity index (χ2v) is 6.26. The second kappa shape index (κ2) is 9.41. The molecule has 3 aromatic rings. The normalized spacial score (nSPS) is 10.3. The molecule has 0 aliphatic rings. The highest BCUT2D eigenvalue weighted by molar-refractivity contribution is 6.00. The summed E-state index contributed by atoms with van der Waals surface area (Å²) in [4.78, 5) is 24.7. The highest BCUT2D eigenvalue weighted by Crippen LogP contribution is 2.16. The monoisotopic (exact) mass is 377 g/mol. The minimum absolute atomic E-state index is 0.0544. The Morgan fingerprint density at radius 1 is 1.00 bits per heavy atom. The molecular weight excluding hydrogens is 354 g/mol. The topological polar surface area (TPSA) is 83.4 Å². The standard InChI is InChI=1S/C22H23N3O3/c1-2-16-7-5-8-17(13-16)25-21(26)15-23-20-11-4-3-10-19(20)22(27)24-14-18-9-6-12-28-18/h3-13,23H,2,14-15H2,1H3,(H,24,27)(H,25,26). The maximum atomic E-state index is 12.5. The van der Waals surface area contributed by atoms with Crippen molar-refractivity contribution in [2.75, 3.05) is 17.2 Å². The molecular formula is C22H23N3O3. The summed E-state index contributed by atoms with van der Waals surface area (Å²) >= 11 is 0. The Labute approximate surface area is 164 Å². The van der Waals surface area contributed by atoms with Gasteiger partial charge in [0.05, 0.1) is 24.9 Å². The van der Waals surface area contributed by atoms with Gasteiger partial charge in [-0.1, -0.05) is 31.2 Å². The van der Waals surface area contributed by atoms with Gasteiger partial charge in [-0.3, -0.25) is 9.59 Å². The first-order valence-corrected chi connectivity index (χ1v) is 9.18. The molecule has 2 aromatic carbocycles. The fourth-order valence-electron chi connectivity index (χ4n) is 2.76. The summed E-state index contributed by atoms with van der Waals surface area (Å²) in [7, 11) is 0. The summed E-state index contributed by atoms with van der Waals surface area (Å²) < 4.78 is 5.22. The zero-order chi connectivity index (χ0) is 19.8. The molecule has 28 heavy (non-hydrogen) atoms. The molecule has 0 bridgehead atoms. The number of amides is 2. The molecule has 0 saturated carbocycles. The van der Waals surface area contributed by atoms with Crippen LogP contribution in [0.1, 0.15) is 28.6 Å². The lowest BCUT2D eigenvalue weighted by atomic mass is 10.1. The lowest BCUT2D eigenvalue weighted by molar-refractivity contribution is -0.114. The van der Waals surface area contributed by atoms with Crippen LogP contribution in [-0.2, 0) is 17.8 Å². The average Bonchev–Trinajstić information content (AvgIpc) is 3.24. The molecule has 1 heterocycles. The molecule has 2 amide bonds. The third kappa shape index (κ3) is 5.23. The molecule has 0 unspecified atom stereocenters. The molecule has 0 fully saturated rings. The van der Waals surface area contributed by atoms with E-state index in [9.17, 15) is 9.59 Å². The molecule has 144 valence electrons. The number of aryl methyl sites for hydroxylation is 1. The Balaban J connectivity index is 1.58. The van der Waals surface area contributed by atoms with Crippen molar-refractivity contribution in [2.45, 2.75) is 19.9 Å². The Kier molecular flexibility index (Phi) is 6.46. The summed E-state index contributed by atoms with van der Waals surface area (Å²) in [6, 6.07) is 18.4. The number of carbonyl (C=O) groups excluding carboxylic acids is 2. The fraction of sp³-hybridized carbons (Fsp3) is 0.182. The van der Waals surface area contributed by atoms with Crippen molar-refractivity contribution < 1.29 is 14.0 Å². The first-order valence-electron chi connectivity index (χ1n) is 9.18. The highest BCUT2D eigenvalue weighted by atomic mass is 16.3. The largest absolute Gasteiger partial charge is 0.467 e. The predicted molar refractivity (Wildman–Crippen MR) is 109 cm³/mol.